The summed E-state index contributed by atoms with van der Waals surface area (Å²) in [5, 5.41) is 11.5. The van der Waals surface area contributed by atoms with Gasteiger partial charge in [0.05, 0.1) is 5.56 Å². The smallest absolute Gasteiger partial charge is 0.338 e. The molecule has 0 saturated carbocycles. The fourth-order valence-electron chi connectivity index (χ4n) is 1.93. The Labute approximate surface area is 104 Å². The number of carboxylic acids is 1. The Morgan fingerprint density at radius 1 is 1.44 bits per heavy atom. The van der Waals surface area contributed by atoms with Crippen molar-refractivity contribution in [2.45, 2.75) is 19.3 Å². The van der Waals surface area contributed by atoms with Gasteiger partial charge in [-0.15, -0.1) is 0 Å². The molecule has 0 radical (unpaired) electrons. The molecule has 0 saturated heterocycles. The number of hydrogen-bond acceptors (Lipinski definition) is 3. The monoisotopic (exact) mass is 249 g/mol. The van der Waals surface area contributed by atoms with Gasteiger partial charge in [-0.2, -0.15) is 0 Å². The van der Waals surface area contributed by atoms with E-state index in [4.69, 9.17) is 9.52 Å². The number of furan rings is 1. The van der Waals surface area contributed by atoms with Gasteiger partial charge in [0.15, 0.2) is 5.76 Å². The fraction of sp³-hybridized carbons (Fsp3) is 0.385. The molecule has 0 aromatic carbocycles. The number of aromatic carboxylic acids is 1. The molecular weight excluding hydrogens is 234 g/mol. The molecule has 1 aliphatic rings. The van der Waals surface area contributed by atoms with Gasteiger partial charge in [0, 0.05) is 12.6 Å². The van der Waals surface area contributed by atoms with E-state index in [1.807, 2.05) is 0 Å². The molecule has 0 fully saturated rings. The van der Waals surface area contributed by atoms with Gasteiger partial charge in [-0.1, -0.05) is 12.2 Å². The molecule has 1 aliphatic carbocycles. The molecule has 18 heavy (non-hydrogen) atoms. The fourth-order valence-corrected chi connectivity index (χ4v) is 1.93. The number of amides is 1. The van der Waals surface area contributed by atoms with Crippen LogP contribution in [0, 0.1) is 5.92 Å². The average Bonchev–Trinajstić information content (AvgIpc) is 2.87. The Hall–Kier alpha value is -2.04. The van der Waals surface area contributed by atoms with Crippen molar-refractivity contribution in [2.24, 2.45) is 5.92 Å². The number of carbonyl (C=O) groups is 2. The number of nitrogens with one attached hydrogen (secondary N) is 1. The molecule has 5 heteroatoms. The summed E-state index contributed by atoms with van der Waals surface area (Å²) in [5.41, 5.74) is -0.0132. The van der Waals surface area contributed by atoms with Crippen molar-refractivity contribution in [1.82, 2.24) is 5.32 Å². The number of rotatable bonds is 4. The molecule has 1 heterocycles. The third-order valence-corrected chi connectivity index (χ3v) is 3.00. The molecule has 0 bridgehead atoms. The first-order chi connectivity index (χ1) is 8.66. The maximum atomic E-state index is 11.7. The summed E-state index contributed by atoms with van der Waals surface area (Å²) in [6, 6.07) is 1.23. The summed E-state index contributed by atoms with van der Waals surface area (Å²) < 4.78 is 4.92. The van der Waals surface area contributed by atoms with Crippen molar-refractivity contribution in [3.8, 4) is 0 Å². The Morgan fingerprint density at radius 3 is 2.89 bits per heavy atom. The Morgan fingerprint density at radius 2 is 2.28 bits per heavy atom. The van der Waals surface area contributed by atoms with Crippen LogP contribution in [0.4, 0.5) is 0 Å². The highest BCUT2D eigenvalue weighted by atomic mass is 16.4. The second kappa shape index (κ2) is 5.53. The van der Waals surface area contributed by atoms with Crippen molar-refractivity contribution in [3.05, 3.63) is 35.8 Å². The van der Waals surface area contributed by atoms with Crippen LogP contribution in [0.5, 0.6) is 0 Å². The van der Waals surface area contributed by atoms with E-state index in [0.29, 0.717) is 12.5 Å². The zero-order valence-corrected chi connectivity index (χ0v) is 9.89. The summed E-state index contributed by atoms with van der Waals surface area (Å²) in [6.45, 7) is 0.590. The van der Waals surface area contributed by atoms with Crippen molar-refractivity contribution in [1.29, 1.82) is 0 Å². The second-order valence-electron chi connectivity index (χ2n) is 4.37. The van der Waals surface area contributed by atoms with Crippen molar-refractivity contribution in [3.63, 3.8) is 0 Å². The standard InChI is InChI=1S/C13H15NO4/c15-12(11-6-10(8-18-11)13(16)17)14-7-9-4-2-1-3-5-9/h1-2,6,8-9H,3-5,7H2,(H,14,15)(H,16,17). The van der Waals surface area contributed by atoms with Crippen LogP contribution in [-0.4, -0.2) is 23.5 Å². The number of hydrogen-bond donors (Lipinski definition) is 2. The van der Waals surface area contributed by atoms with Gasteiger partial charge in [0.25, 0.3) is 5.91 Å². The van der Waals surface area contributed by atoms with Crippen LogP contribution in [0.25, 0.3) is 0 Å². The van der Waals surface area contributed by atoms with Crippen molar-refractivity contribution in [2.75, 3.05) is 6.54 Å². The maximum Gasteiger partial charge on any atom is 0.338 e. The molecule has 1 unspecified atom stereocenters. The molecule has 2 N–H and O–H groups in total. The average molecular weight is 249 g/mol. The van der Waals surface area contributed by atoms with Crippen LogP contribution in [0.2, 0.25) is 0 Å². The second-order valence-corrected chi connectivity index (χ2v) is 4.37. The summed E-state index contributed by atoms with van der Waals surface area (Å²) in [5.74, 6) is -0.973. The number of carboxylic acid groups (broad SMARTS) is 1. The lowest BCUT2D eigenvalue weighted by molar-refractivity contribution is 0.0696. The maximum absolute atomic E-state index is 11.7. The predicted molar refractivity (Wildman–Crippen MR) is 64.5 cm³/mol. The molecule has 1 aromatic rings. The Bertz CT molecular complexity index is 475. The van der Waals surface area contributed by atoms with Crippen LogP contribution in [0.3, 0.4) is 0 Å². The van der Waals surface area contributed by atoms with Gasteiger partial charge in [-0.3, -0.25) is 4.79 Å². The molecule has 1 atom stereocenters. The van der Waals surface area contributed by atoms with E-state index in [0.717, 1.165) is 25.5 Å². The molecule has 1 amide bonds. The number of allylic oxidation sites excluding steroid dienone is 2. The quantitative estimate of drug-likeness (QED) is 0.800. The van der Waals surface area contributed by atoms with Gasteiger partial charge in [0.2, 0.25) is 0 Å². The first-order valence-electron chi connectivity index (χ1n) is 5.92. The SMILES string of the molecule is O=C(O)c1coc(C(=O)NCC2CC=CCC2)c1. The largest absolute Gasteiger partial charge is 0.478 e. The highest BCUT2D eigenvalue weighted by Gasteiger charge is 2.16. The summed E-state index contributed by atoms with van der Waals surface area (Å²) in [7, 11) is 0. The van der Waals surface area contributed by atoms with Crippen LogP contribution in [-0.2, 0) is 0 Å². The van der Waals surface area contributed by atoms with Gasteiger partial charge >= 0.3 is 5.97 Å². The predicted octanol–water partition coefficient (Wildman–Crippen LogP) is 2.06. The highest BCUT2D eigenvalue weighted by Crippen LogP contribution is 2.17. The molecule has 96 valence electrons. The van der Waals surface area contributed by atoms with E-state index in [2.05, 4.69) is 17.5 Å². The molecule has 1 aromatic heterocycles. The van der Waals surface area contributed by atoms with Crippen molar-refractivity contribution < 1.29 is 19.1 Å². The van der Waals surface area contributed by atoms with E-state index in [9.17, 15) is 9.59 Å². The summed E-state index contributed by atoms with van der Waals surface area (Å²) in [4.78, 5) is 22.4. The van der Waals surface area contributed by atoms with Crippen LogP contribution >= 0.6 is 0 Å². The first kappa shape index (κ1) is 12.4. The van der Waals surface area contributed by atoms with Crippen LogP contribution in [0.1, 0.15) is 40.2 Å². The van der Waals surface area contributed by atoms with Crippen molar-refractivity contribution >= 4 is 11.9 Å². The minimum Gasteiger partial charge on any atom is -0.478 e. The third-order valence-electron chi connectivity index (χ3n) is 3.00. The molecule has 5 nitrogen and oxygen atoms in total. The molecule has 2 rings (SSSR count). The first-order valence-corrected chi connectivity index (χ1v) is 5.92. The van der Waals surface area contributed by atoms with E-state index in [1.54, 1.807) is 0 Å². The van der Waals surface area contributed by atoms with E-state index < -0.39 is 5.97 Å². The van der Waals surface area contributed by atoms with Gasteiger partial charge in [-0.05, 0) is 25.2 Å². The lowest BCUT2D eigenvalue weighted by atomic mass is 9.94. The summed E-state index contributed by atoms with van der Waals surface area (Å²) >= 11 is 0. The summed E-state index contributed by atoms with van der Waals surface area (Å²) in [6.07, 6.45) is 8.42. The minimum atomic E-state index is -1.10. The highest BCUT2D eigenvalue weighted by molar-refractivity contribution is 5.95. The normalized spacial score (nSPS) is 18.6. The molecule has 0 spiro atoms. The van der Waals surface area contributed by atoms with Gasteiger partial charge < -0.3 is 14.8 Å². The molecular formula is C13H15NO4. The van der Waals surface area contributed by atoms with Gasteiger partial charge in [0.1, 0.15) is 6.26 Å². The lowest BCUT2D eigenvalue weighted by Crippen LogP contribution is -2.29. The van der Waals surface area contributed by atoms with Crippen LogP contribution < -0.4 is 5.32 Å². The zero-order chi connectivity index (χ0) is 13.0. The molecule has 0 aliphatic heterocycles. The van der Waals surface area contributed by atoms with E-state index in [-0.39, 0.29) is 17.2 Å². The topological polar surface area (TPSA) is 79.5 Å². The Kier molecular flexibility index (Phi) is 3.82. The lowest BCUT2D eigenvalue weighted by Gasteiger charge is -2.17. The van der Waals surface area contributed by atoms with Gasteiger partial charge in [-0.25, -0.2) is 4.79 Å². The zero-order valence-electron chi connectivity index (χ0n) is 9.89. The third kappa shape index (κ3) is 3.00. The number of carbonyl (C=O) groups excluding carboxylic acids is 1. The van der Waals surface area contributed by atoms with E-state index in [1.165, 1.54) is 6.07 Å². The Balaban J connectivity index is 1.87. The van der Waals surface area contributed by atoms with Crippen LogP contribution in [0.15, 0.2) is 28.9 Å². The minimum absolute atomic E-state index is 0.0132. The van der Waals surface area contributed by atoms with E-state index >= 15 is 0 Å².